The molecule has 0 unspecified atom stereocenters. The number of hydrogen-bond donors (Lipinski definition) is 0. The second-order valence-corrected chi connectivity index (χ2v) is 8.32. The molecule has 2 heterocycles. The minimum atomic E-state index is -0.140. The van der Waals surface area contributed by atoms with Gasteiger partial charge in [-0.05, 0) is 80.9 Å². The fraction of sp³-hybridized carbons (Fsp3) is 0.591. The third-order valence-electron chi connectivity index (χ3n) is 6.92. The Bertz CT molecular complexity index is 894. The van der Waals surface area contributed by atoms with Crippen LogP contribution < -0.4 is 10.4 Å². The monoisotopic (exact) mass is 338 g/mol. The zero-order chi connectivity index (χ0) is 17.0. The summed E-state index contributed by atoms with van der Waals surface area (Å²) in [6.45, 7) is 2.34. The van der Waals surface area contributed by atoms with Crippen LogP contribution in [0.3, 0.4) is 0 Å². The van der Waals surface area contributed by atoms with Crippen LogP contribution in [0.15, 0.2) is 21.3 Å². The van der Waals surface area contributed by atoms with Crippen molar-refractivity contribution in [3.05, 3.63) is 39.2 Å². The van der Waals surface area contributed by atoms with Crippen molar-refractivity contribution in [1.82, 2.24) is 0 Å². The average Bonchev–Trinajstić information content (AvgIpc) is 2.63. The Labute approximate surface area is 148 Å². The molecule has 1 aliphatic heterocycles. The van der Waals surface area contributed by atoms with Gasteiger partial charge in [-0.2, -0.15) is 0 Å². The third kappa shape index (κ3) is 2.35. The highest BCUT2D eigenvalue weighted by Crippen LogP contribution is 2.46. The molecule has 2 atom stereocenters. The Hall–Kier alpha value is -1.77. The van der Waals surface area contributed by atoms with Gasteiger partial charge in [0.2, 0.25) is 0 Å². The smallest absolute Gasteiger partial charge is 0.339 e. The van der Waals surface area contributed by atoms with E-state index in [0.29, 0.717) is 11.5 Å². The van der Waals surface area contributed by atoms with E-state index >= 15 is 0 Å². The molecule has 0 bridgehead atoms. The highest BCUT2D eigenvalue weighted by molar-refractivity contribution is 5.84. The van der Waals surface area contributed by atoms with Gasteiger partial charge in [-0.3, -0.25) is 0 Å². The first-order valence-corrected chi connectivity index (χ1v) is 9.97. The Balaban J connectivity index is 1.63. The lowest BCUT2D eigenvalue weighted by Gasteiger charge is -2.46. The van der Waals surface area contributed by atoms with Gasteiger partial charge in [0.05, 0.1) is 0 Å². The van der Waals surface area contributed by atoms with Crippen LogP contribution in [0, 0.1) is 5.92 Å². The minimum Gasteiger partial charge on any atom is -0.487 e. The molecule has 0 amide bonds. The number of rotatable bonds is 0. The normalized spacial score (nSPS) is 28.4. The molecule has 1 aromatic heterocycles. The van der Waals surface area contributed by atoms with Crippen molar-refractivity contribution in [2.24, 2.45) is 5.92 Å². The summed E-state index contributed by atoms with van der Waals surface area (Å²) in [7, 11) is 0. The Kier molecular flexibility index (Phi) is 3.48. The number of fused-ring (bicyclic) bond motifs is 4. The van der Waals surface area contributed by atoms with E-state index in [1.807, 2.05) is 6.07 Å². The maximum absolute atomic E-state index is 12.4. The molecule has 3 heteroatoms. The van der Waals surface area contributed by atoms with Crippen LogP contribution in [0.4, 0.5) is 0 Å². The van der Waals surface area contributed by atoms with E-state index in [4.69, 9.17) is 9.15 Å². The molecule has 0 radical (unpaired) electrons. The van der Waals surface area contributed by atoms with Gasteiger partial charge in [0.25, 0.3) is 0 Å². The largest absolute Gasteiger partial charge is 0.487 e. The molecule has 1 aromatic carbocycles. The second-order valence-electron chi connectivity index (χ2n) is 8.32. The molecule has 3 nitrogen and oxygen atoms in total. The summed E-state index contributed by atoms with van der Waals surface area (Å²) in [4.78, 5) is 12.4. The maximum Gasteiger partial charge on any atom is 0.339 e. The van der Waals surface area contributed by atoms with E-state index in [1.54, 1.807) is 0 Å². The van der Waals surface area contributed by atoms with E-state index < -0.39 is 0 Å². The summed E-state index contributed by atoms with van der Waals surface area (Å²) in [6, 6.07) is 4.25. The van der Waals surface area contributed by atoms with E-state index in [-0.39, 0.29) is 11.2 Å². The molecule has 3 aliphatic rings. The highest BCUT2D eigenvalue weighted by atomic mass is 16.5. The SMILES string of the molecule is C[C@@H]1CCCC[C@]12CCc1cc3c4c(c(=O)oc3cc1O2)CCCC4. The molecule has 1 saturated carbocycles. The molecule has 5 rings (SSSR count). The molecular weight excluding hydrogens is 312 g/mol. The van der Waals surface area contributed by atoms with Gasteiger partial charge in [0.1, 0.15) is 16.9 Å². The average molecular weight is 338 g/mol. The van der Waals surface area contributed by atoms with E-state index in [0.717, 1.165) is 55.2 Å². The lowest BCUT2D eigenvalue weighted by Crippen LogP contribution is -2.47. The summed E-state index contributed by atoms with van der Waals surface area (Å²) < 4.78 is 12.3. The molecule has 0 N–H and O–H groups in total. The van der Waals surface area contributed by atoms with Crippen LogP contribution >= 0.6 is 0 Å². The van der Waals surface area contributed by atoms with Gasteiger partial charge in [-0.15, -0.1) is 0 Å². The first-order valence-electron chi connectivity index (χ1n) is 9.97. The maximum atomic E-state index is 12.4. The van der Waals surface area contributed by atoms with Crippen LogP contribution in [-0.4, -0.2) is 5.60 Å². The zero-order valence-corrected chi connectivity index (χ0v) is 15.0. The van der Waals surface area contributed by atoms with Crippen molar-refractivity contribution in [1.29, 1.82) is 0 Å². The van der Waals surface area contributed by atoms with Crippen LogP contribution in [0.5, 0.6) is 5.75 Å². The Morgan fingerprint density at radius 1 is 1.00 bits per heavy atom. The molecule has 1 fully saturated rings. The zero-order valence-electron chi connectivity index (χ0n) is 15.0. The van der Waals surface area contributed by atoms with Crippen molar-refractivity contribution in [2.75, 3.05) is 0 Å². The third-order valence-corrected chi connectivity index (χ3v) is 6.92. The number of hydrogen-bond acceptors (Lipinski definition) is 3. The fourth-order valence-electron chi connectivity index (χ4n) is 5.33. The molecule has 132 valence electrons. The van der Waals surface area contributed by atoms with Crippen molar-refractivity contribution < 1.29 is 9.15 Å². The van der Waals surface area contributed by atoms with Gasteiger partial charge < -0.3 is 9.15 Å². The first-order chi connectivity index (χ1) is 12.2. The summed E-state index contributed by atoms with van der Waals surface area (Å²) >= 11 is 0. The van der Waals surface area contributed by atoms with E-state index in [1.165, 1.54) is 36.8 Å². The fourth-order valence-corrected chi connectivity index (χ4v) is 5.33. The minimum absolute atomic E-state index is 0.00652. The summed E-state index contributed by atoms with van der Waals surface area (Å²) in [6.07, 6.45) is 11.3. The summed E-state index contributed by atoms with van der Waals surface area (Å²) in [5.41, 5.74) is 3.99. The molecule has 0 saturated heterocycles. The molecular formula is C22H26O3. The standard InChI is InChI=1S/C22H26O3/c1-14-6-4-5-10-22(14)11-9-15-12-18-16-7-2-3-8-17(16)21(23)24-20(18)13-19(15)25-22/h12-14H,2-11H2,1H3/t14-,22+/m1/s1. The number of benzene rings is 1. The molecule has 2 aromatic rings. The van der Waals surface area contributed by atoms with Gasteiger partial charge in [0.15, 0.2) is 0 Å². The number of ether oxygens (including phenoxy) is 1. The van der Waals surface area contributed by atoms with Crippen molar-refractivity contribution in [2.45, 2.75) is 76.7 Å². The number of aryl methyl sites for hydroxylation is 2. The van der Waals surface area contributed by atoms with Crippen molar-refractivity contribution in [3.8, 4) is 5.75 Å². The molecule has 25 heavy (non-hydrogen) atoms. The quantitative estimate of drug-likeness (QED) is 0.638. The molecule has 1 spiro atoms. The van der Waals surface area contributed by atoms with Crippen LogP contribution in [0.2, 0.25) is 0 Å². The van der Waals surface area contributed by atoms with Crippen molar-refractivity contribution >= 4 is 11.0 Å². The van der Waals surface area contributed by atoms with Gasteiger partial charge in [-0.1, -0.05) is 13.3 Å². The summed E-state index contributed by atoms with van der Waals surface area (Å²) in [5, 5.41) is 1.14. The van der Waals surface area contributed by atoms with E-state index in [2.05, 4.69) is 13.0 Å². The first kappa shape index (κ1) is 15.5. The van der Waals surface area contributed by atoms with E-state index in [9.17, 15) is 4.79 Å². The van der Waals surface area contributed by atoms with Gasteiger partial charge >= 0.3 is 5.63 Å². The summed E-state index contributed by atoms with van der Waals surface area (Å²) in [5.74, 6) is 1.55. The predicted molar refractivity (Wildman–Crippen MR) is 98.4 cm³/mol. The van der Waals surface area contributed by atoms with Gasteiger partial charge in [0, 0.05) is 17.0 Å². The van der Waals surface area contributed by atoms with Crippen LogP contribution in [0.25, 0.3) is 11.0 Å². The lowest BCUT2D eigenvalue weighted by atomic mass is 9.72. The topological polar surface area (TPSA) is 39.4 Å². The van der Waals surface area contributed by atoms with Crippen molar-refractivity contribution in [3.63, 3.8) is 0 Å². The van der Waals surface area contributed by atoms with Gasteiger partial charge in [-0.25, -0.2) is 4.79 Å². The Morgan fingerprint density at radius 2 is 1.84 bits per heavy atom. The van der Waals surface area contributed by atoms with Crippen LogP contribution in [-0.2, 0) is 19.3 Å². The Morgan fingerprint density at radius 3 is 2.68 bits per heavy atom. The predicted octanol–water partition coefficient (Wildman–Crippen LogP) is 4.95. The lowest BCUT2D eigenvalue weighted by molar-refractivity contribution is -0.0331. The van der Waals surface area contributed by atoms with Crippen LogP contribution in [0.1, 0.15) is 68.6 Å². The highest BCUT2D eigenvalue weighted by Gasteiger charge is 2.42. The second kappa shape index (κ2) is 5.62. The molecule has 2 aliphatic carbocycles.